The van der Waals surface area contributed by atoms with Gasteiger partial charge in [-0.1, -0.05) is 6.42 Å². The van der Waals surface area contributed by atoms with Gasteiger partial charge in [0.25, 0.3) is 0 Å². The van der Waals surface area contributed by atoms with Gasteiger partial charge in [-0.2, -0.15) is 0 Å². The molecule has 0 spiro atoms. The van der Waals surface area contributed by atoms with Crippen LogP contribution in [0.5, 0.6) is 0 Å². The van der Waals surface area contributed by atoms with Gasteiger partial charge in [0.2, 0.25) is 0 Å². The molecule has 2 nitrogen and oxygen atoms in total. The van der Waals surface area contributed by atoms with Crippen LogP contribution < -0.4 is 0 Å². The number of nitrogens with zero attached hydrogens (tertiary/aromatic N) is 1. The number of hydrogen-bond acceptors (Lipinski definition) is 1. The van der Waals surface area contributed by atoms with E-state index in [1.807, 2.05) is 6.07 Å². The van der Waals surface area contributed by atoms with Crippen molar-refractivity contribution in [2.75, 3.05) is 0 Å². The van der Waals surface area contributed by atoms with Crippen LogP contribution in [0, 0.1) is 22.4 Å². The van der Waals surface area contributed by atoms with Crippen LogP contribution in [-0.2, 0) is 0 Å². The summed E-state index contributed by atoms with van der Waals surface area (Å²) in [4.78, 5) is 3.15. The second kappa shape index (κ2) is 4.16. The van der Waals surface area contributed by atoms with Crippen molar-refractivity contribution >= 4 is 39.2 Å². The van der Waals surface area contributed by atoms with Crippen molar-refractivity contribution in [3.05, 3.63) is 27.2 Å². The zero-order valence-electron chi connectivity index (χ0n) is 10.3. The van der Waals surface area contributed by atoms with Crippen molar-refractivity contribution in [2.24, 2.45) is 11.8 Å². The highest BCUT2D eigenvalue weighted by Gasteiger charge is 2.41. The molecule has 0 amide bonds. The third-order valence-corrected chi connectivity index (χ3v) is 5.70. The Hall–Kier alpha value is -0.680. The summed E-state index contributed by atoms with van der Waals surface area (Å²) in [6.45, 7) is 0. The summed E-state index contributed by atoms with van der Waals surface area (Å²) in [7, 11) is 0. The van der Waals surface area contributed by atoms with Crippen molar-refractivity contribution in [3.63, 3.8) is 0 Å². The normalized spacial score (nSPS) is 29.5. The van der Waals surface area contributed by atoms with E-state index in [0.29, 0.717) is 10.5 Å². The maximum absolute atomic E-state index is 13.6. The first-order valence-electron chi connectivity index (χ1n) is 6.73. The lowest BCUT2D eigenvalue weighted by molar-refractivity contribution is 0.333. The lowest BCUT2D eigenvalue weighted by Gasteiger charge is -2.23. The van der Waals surface area contributed by atoms with Gasteiger partial charge in [-0.15, -0.1) is 0 Å². The minimum atomic E-state index is -0.246. The quantitative estimate of drug-likeness (QED) is 0.727. The third kappa shape index (κ3) is 1.74. The molecule has 0 saturated heterocycles. The molecular weight excluding hydrogens is 327 g/mol. The van der Waals surface area contributed by atoms with Gasteiger partial charge in [0, 0.05) is 12.1 Å². The van der Waals surface area contributed by atoms with Crippen LogP contribution in [0.1, 0.15) is 31.7 Å². The fraction of sp³-hybridized carbons (Fsp3) is 0.500. The highest BCUT2D eigenvalue weighted by atomic mass is 79.9. The first-order chi connectivity index (χ1) is 9.13. The number of fused-ring (bicyclic) bond motifs is 3. The van der Waals surface area contributed by atoms with Gasteiger partial charge in [-0.3, -0.25) is 0 Å². The average Bonchev–Trinajstić information content (AvgIpc) is 3.03. The van der Waals surface area contributed by atoms with Crippen LogP contribution in [0.25, 0.3) is 11.0 Å². The van der Waals surface area contributed by atoms with Gasteiger partial charge in [0.1, 0.15) is 5.82 Å². The molecule has 2 aromatic rings. The Balaban J connectivity index is 1.92. The lowest BCUT2D eigenvalue weighted by Crippen LogP contribution is -2.16. The maximum Gasteiger partial charge on any atom is 0.178 e. The number of imidazole rings is 1. The van der Waals surface area contributed by atoms with Gasteiger partial charge in [-0.05, 0) is 65.3 Å². The number of halogens is 2. The fourth-order valence-corrected chi connectivity index (χ4v) is 4.65. The number of aromatic nitrogens is 2. The van der Waals surface area contributed by atoms with Crippen LogP contribution in [0.3, 0.4) is 0 Å². The largest absolute Gasteiger partial charge is 0.330 e. The van der Waals surface area contributed by atoms with Crippen LogP contribution >= 0.6 is 28.1 Å². The molecule has 2 bridgehead atoms. The van der Waals surface area contributed by atoms with Crippen LogP contribution in [0.4, 0.5) is 4.39 Å². The highest BCUT2D eigenvalue weighted by Crippen LogP contribution is 2.51. The van der Waals surface area contributed by atoms with Crippen LogP contribution in [0.2, 0.25) is 0 Å². The Bertz CT molecular complexity index is 720. The fourth-order valence-electron chi connectivity index (χ4n) is 3.98. The maximum atomic E-state index is 13.6. The number of rotatable bonds is 1. The summed E-state index contributed by atoms with van der Waals surface area (Å²) in [6.07, 6.45) is 5.24. The van der Waals surface area contributed by atoms with Crippen molar-refractivity contribution in [3.8, 4) is 0 Å². The van der Waals surface area contributed by atoms with E-state index in [2.05, 4.69) is 25.5 Å². The first kappa shape index (κ1) is 12.1. The predicted octanol–water partition coefficient (Wildman–Crippen LogP) is 4.96. The number of aromatic amines is 1. The second-order valence-corrected chi connectivity index (χ2v) is 7.07. The predicted molar refractivity (Wildman–Crippen MR) is 79.3 cm³/mol. The molecule has 1 heterocycles. The van der Waals surface area contributed by atoms with Crippen LogP contribution in [-0.4, -0.2) is 9.55 Å². The minimum Gasteiger partial charge on any atom is -0.330 e. The number of H-pyrrole nitrogens is 1. The molecule has 1 N–H and O–H groups in total. The monoisotopic (exact) mass is 340 g/mol. The molecule has 1 aromatic carbocycles. The van der Waals surface area contributed by atoms with E-state index in [0.717, 1.165) is 27.6 Å². The Kier molecular flexibility index (Phi) is 2.64. The van der Waals surface area contributed by atoms with E-state index < -0.39 is 0 Å². The molecule has 2 aliphatic carbocycles. The number of nitrogens with one attached hydrogen (secondary N) is 1. The molecule has 100 valence electrons. The molecular formula is C14H14BrFN2S. The molecule has 2 aliphatic rings. The Morgan fingerprint density at radius 3 is 2.84 bits per heavy atom. The summed E-state index contributed by atoms with van der Waals surface area (Å²) >= 11 is 8.73. The summed E-state index contributed by atoms with van der Waals surface area (Å²) in [5.74, 6) is 1.37. The number of benzene rings is 1. The van der Waals surface area contributed by atoms with E-state index in [1.165, 1.54) is 31.7 Å². The molecule has 4 rings (SSSR count). The van der Waals surface area contributed by atoms with Gasteiger partial charge < -0.3 is 9.55 Å². The zero-order chi connectivity index (χ0) is 13.1. The summed E-state index contributed by atoms with van der Waals surface area (Å²) in [5, 5.41) is 0. The summed E-state index contributed by atoms with van der Waals surface area (Å²) < 4.78 is 17.1. The molecule has 2 fully saturated rings. The SMILES string of the molecule is Fc1cc2[nH]c(=S)n(C3CC4CCC3C4)c2cc1Br. The van der Waals surface area contributed by atoms with E-state index in [1.54, 1.807) is 0 Å². The molecule has 2 saturated carbocycles. The van der Waals surface area contributed by atoms with E-state index >= 15 is 0 Å². The van der Waals surface area contributed by atoms with E-state index in [9.17, 15) is 4.39 Å². The Morgan fingerprint density at radius 2 is 2.16 bits per heavy atom. The number of hydrogen-bond donors (Lipinski definition) is 1. The highest BCUT2D eigenvalue weighted by molar-refractivity contribution is 9.10. The second-order valence-electron chi connectivity index (χ2n) is 5.83. The smallest absolute Gasteiger partial charge is 0.178 e. The van der Waals surface area contributed by atoms with Gasteiger partial charge in [0.15, 0.2) is 4.77 Å². The summed E-state index contributed by atoms with van der Waals surface area (Å²) in [5.41, 5.74) is 1.82. The minimum absolute atomic E-state index is 0.246. The topological polar surface area (TPSA) is 20.7 Å². The molecule has 0 aliphatic heterocycles. The first-order valence-corrected chi connectivity index (χ1v) is 7.93. The van der Waals surface area contributed by atoms with Gasteiger partial charge in [-0.25, -0.2) is 4.39 Å². The Morgan fingerprint density at radius 1 is 1.32 bits per heavy atom. The Labute approximate surface area is 124 Å². The van der Waals surface area contributed by atoms with Gasteiger partial charge >= 0.3 is 0 Å². The van der Waals surface area contributed by atoms with Gasteiger partial charge in [0.05, 0.1) is 15.5 Å². The summed E-state index contributed by atoms with van der Waals surface area (Å²) in [6, 6.07) is 3.87. The van der Waals surface area contributed by atoms with Crippen molar-refractivity contribution < 1.29 is 4.39 Å². The van der Waals surface area contributed by atoms with Crippen molar-refractivity contribution in [2.45, 2.75) is 31.7 Å². The zero-order valence-corrected chi connectivity index (χ0v) is 12.7. The molecule has 0 radical (unpaired) electrons. The average molecular weight is 341 g/mol. The molecule has 5 heteroatoms. The van der Waals surface area contributed by atoms with E-state index in [-0.39, 0.29) is 5.82 Å². The molecule has 19 heavy (non-hydrogen) atoms. The van der Waals surface area contributed by atoms with Crippen molar-refractivity contribution in [1.82, 2.24) is 9.55 Å². The lowest BCUT2D eigenvalue weighted by atomic mass is 9.95. The van der Waals surface area contributed by atoms with E-state index in [4.69, 9.17) is 12.2 Å². The standard InChI is InChI=1S/C14H14BrFN2S/c15-9-5-13-11(6-10(9)16)17-14(19)18(13)12-4-7-1-2-8(12)3-7/h5-8,12H,1-4H2,(H,17,19). The molecule has 3 unspecified atom stereocenters. The van der Waals surface area contributed by atoms with Crippen LogP contribution in [0.15, 0.2) is 16.6 Å². The van der Waals surface area contributed by atoms with Crippen molar-refractivity contribution in [1.29, 1.82) is 0 Å². The molecule has 1 aromatic heterocycles. The molecule has 3 atom stereocenters. The third-order valence-electron chi connectivity index (χ3n) is 4.79.